The number of benzene rings is 1. The molecule has 0 amide bonds. The van der Waals surface area contributed by atoms with Crippen LogP contribution in [-0.4, -0.2) is 12.4 Å². The van der Waals surface area contributed by atoms with Gasteiger partial charge < -0.3 is 4.74 Å². The van der Waals surface area contributed by atoms with Crippen molar-refractivity contribution in [3.63, 3.8) is 0 Å². The lowest BCUT2D eigenvalue weighted by atomic mass is 10.0. The molecule has 0 N–H and O–H groups in total. The molecule has 1 aromatic rings. The standard InChI is InChI=1S/C10H8F2O2/c11-10(12)6-1-2-9-7(5-6)8(13)3-4-14-9/h1-2,5,10H,3-4H2. The molecular formula is C10H8F2O2. The van der Waals surface area contributed by atoms with Crippen molar-refractivity contribution in [2.45, 2.75) is 12.8 Å². The van der Waals surface area contributed by atoms with Crippen molar-refractivity contribution in [2.24, 2.45) is 0 Å². The van der Waals surface area contributed by atoms with E-state index in [4.69, 9.17) is 4.74 Å². The topological polar surface area (TPSA) is 26.3 Å². The molecule has 1 heterocycles. The minimum atomic E-state index is -2.55. The Balaban J connectivity index is 2.46. The van der Waals surface area contributed by atoms with Crippen LogP contribution in [0, 0.1) is 0 Å². The third-order valence-corrected chi connectivity index (χ3v) is 2.14. The number of carbonyl (C=O) groups is 1. The quantitative estimate of drug-likeness (QED) is 0.693. The summed E-state index contributed by atoms with van der Waals surface area (Å²) < 4.78 is 29.8. The smallest absolute Gasteiger partial charge is 0.263 e. The van der Waals surface area contributed by atoms with Crippen LogP contribution in [0.3, 0.4) is 0 Å². The van der Waals surface area contributed by atoms with E-state index in [1.54, 1.807) is 0 Å². The number of rotatable bonds is 1. The van der Waals surface area contributed by atoms with Crippen molar-refractivity contribution >= 4 is 5.78 Å². The molecule has 1 aromatic carbocycles. The Hall–Kier alpha value is -1.45. The predicted molar refractivity (Wildman–Crippen MR) is 45.8 cm³/mol. The molecule has 0 aliphatic carbocycles. The molecule has 74 valence electrons. The summed E-state index contributed by atoms with van der Waals surface area (Å²) in [6, 6.07) is 3.91. The summed E-state index contributed by atoms with van der Waals surface area (Å²) >= 11 is 0. The summed E-state index contributed by atoms with van der Waals surface area (Å²) in [5.74, 6) is 0.277. The van der Waals surface area contributed by atoms with Gasteiger partial charge in [-0.2, -0.15) is 0 Å². The molecule has 0 saturated carbocycles. The molecule has 2 nitrogen and oxygen atoms in total. The minimum Gasteiger partial charge on any atom is -0.492 e. The molecule has 0 unspecified atom stereocenters. The van der Waals surface area contributed by atoms with Gasteiger partial charge in [-0.3, -0.25) is 4.79 Å². The Bertz CT molecular complexity index is 374. The van der Waals surface area contributed by atoms with Crippen molar-refractivity contribution < 1.29 is 18.3 Å². The second kappa shape index (κ2) is 3.36. The van der Waals surface area contributed by atoms with E-state index in [0.29, 0.717) is 12.4 Å². The predicted octanol–water partition coefficient (Wildman–Crippen LogP) is 2.59. The Morgan fingerprint density at radius 2 is 2.14 bits per heavy atom. The molecule has 0 saturated heterocycles. The van der Waals surface area contributed by atoms with E-state index < -0.39 is 6.43 Å². The second-order valence-electron chi connectivity index (χ2n) is 3.08. The SMILES string of the molecule is O=C1CCOc2ccc(C(F)F)cc21. The highest BCUT2D eigenvalue weighted by atomic mass is 19.3. The summed E-state index contributed by atoms with van der Waals surface area (Å²) in [5.41, 5.74) is 0.136. The van der Waals surface area contributed by atoms with E-state index in [1.807, 2.05) is 0 Å². The fourth-order valence-corrected chi connectivity index (χ4v) is 1.42. The van der Waals surface area contributed by atoms with Crippen molar-refractivity contribution in [3.05, 3.63) is 29.3 Å². The van der Waals surface area contributed by atoms with Gasteiger partial charge in [0.05, 0.1) is 12.2 Å². The molecule has 4 heteroatoms. The highest BCUT2D eigenvalue weighted by Crippen LogP contribution is 2.29. The van der Waals surface area contributed by atoms with Crippen LogP contribution < -0.4 is 4.74 Å². The van der Waals surface area contributed by atoms with Gasteiger partial charge in [0, 0.05) is 12.0 Å². The first kappa shape index (κ1) is 9.12. The zero-order valence-corrected chi connectivity index (χ0v) is 7.30. The Morgan fingerprint density at radius 1 is 1.36 bits per heavy atom. The fourth-order valence-electron chi connectivity index (χ4n) is 1.42. The maximum absolute atomic E-state index is 12.3. The molecule has 1 aliphatic heterocycles. The first-order valence-corrected chi connectivity index (χ1v) is 4.26. The van der Waals surface area contributed by atoms with E-state index in [-0.39, 0.29) is 23.3 Å². The van der Waals surface area contributed by atoms with E-state index in [2.05, 4.69) is 0 Å². The number of ketones is 1. The Labute approximate surface area is 79.5 Å². The van der Waals surface area contributed by atoms with Crippen LogP contribution in [0.5, 0.6) is 5.75 Å². The number of hydrogen-bond donors (Lipinski definition) is 0. The van der Waals surface area contributed by atoms with Crippen molar-refractivity contribution in [1.29, 1.82) is 0 Å². The summed E-state index contributed by atoms with van der Waals surface area (Å²) in [4.78, 5) is 11.3. The van der Waals surface area contributed by atoms with Crippen molar-refractivity contribution in [1.82, 2.24) is 0 Å². The Kier molecular flexibility index (Phi) is 2.19. The minimum absolute atomic E-state index is 0.131. The fraction of sp³-hybridized carbons (Fsp3) is 0.300. The summed E-state index contributed by atoms with van der Waals surface area (Å²) in [7, 11) is 0. The first-order chi connectivity index (χ1) is 6.68. The molecule has 0 spiro atoms. The second-order valence-corrected chi connectivity index (χ2v) is 3.08. The van der Waals surface area contributed by atoms with Gasteiger partial charge in [-0.25, -0.2) is 8.78 Å². The monoisotopic (exact) mass is 198 g/mol. The molecular weight excluding hydrogens is 190 g/mol. The molecule has 0 radical (unpaired) electrons. The molecule has 14 heavy (non-hydrogen) atoms. The molecule has 0 atom stereocenters. The van der Waals surface area contributed by atoms with Crippen LogP contribution in [0.2, 0.25) is 0 Å². The average molecular weight is 198 g/mol. The lowest BCUT2D eigenvalue weighted by molar-refractivity contribution is 0.0932. The highest BCUT2D eigenvalue weighted by molar-refractivity contribution is 5.99. The Morgan fingerprint density at radius 3 is 2.86 bits per heavy atom. The molecule has 0 aromatic heterocycles. The van der Waals surface area contributed by atoms with Crippen molar-refractivity contribution in [2.75, 3.05) is 6.61 Å². The van der Waals surface area contributed by atoms with Crippen LogP contribution in [0.1, 0.15) is 28.8 Å². The van der Waals surface area contributed by atoms with Crippen LogP contribution >= 0.6 is 0 Å². The van der Waals surface area contributed by atoms with Crippen LogP contribution in [0.15, 0.2) is 18.2 Å². The van der Waals surface area contributed by atoms with Gasteiger partial charge in [-0.1, -0.05) is 0 Å². The lowest BCUT2D eigenvalue weighted by Gasteiger charge is -2.16. The van der Waals surface area contributed by atoms with Gasteiger partial charge in [-0.15, -0.1) is 0 Å². The number of fused-ring (bicyclic) bond motifs is 1. The molecule has 1 aliphatic rings. The van der Waals surface area contributed by atoms with Gasteiger partial charge in [0.15, 0.2) is 5.78 Å². The average Bonchev–Trinajstić information content (AvgIpc) is 2.18. The van der Waals surface area contributed by atoms with E-state index in [0.717, 1.165) is 0 Å². The number of alkyl halides is 2. The van der Waals surface area contributed by atoms with Crippen LogP contribution in [0.25, 0.3) is 0 Å². The molecule has 0 fully saturated rings. The van der Waals surface area contributed by atoms with Gasteiger partial charge >= 0.3 is 0 Å². The summed E-state index contributed by atoms with van der Waals surface area (Å²) in [6.45, 7) is 0.333. The third-order valence-electron chi connectivity index (χ3n) is 2.14. The third kappa shape index (κ3) is 1.47. The zero-order valence-electron chi connectivity index (χ0n) is 7.30. The van der Waals surface area contributed by atoms with E-state index >= 15 is 0 Å². The molecule has 2 rings (SSSR count). The van der Waals surface area contributed by atoms with Gasteiger partial charge in [0.25, 0.3) is 6.43 Å². The van der Waals surface area contributed by atoms with E-state index in [9.17, 15) is 13.6 Å². The number of carbonyl (C=O) groups excluding carboxylic acids is 1. The summed E-state index contributed by atoms with van der Waals surface area (Å²) in [6.07, 6.45) is -2.28. The normalized spacial score (nSPS) is 15.2. The van der Waals surface area contributed by atoms with Gasteiger partial charge in [-0.05, 0) is 18.2 Å². The zero-order chi connectivity index (χ0) is 10.1. The number of ether oxygens (including phenoxy) is 1. The highest BCUT2D eigenvalue weighted by Gasteiger charge is 2.20. The van der Waals surface area contributed by atoms with E-state index in [1.165, 1.54) is 18.2 Å². The maximum atomic E-state index is 12.3. The van der Waals surface area contributed by atoms with Gasteiger partial charge in [0.1, 0.15) is 5.75 Å². The van der Waals surface area contributed by atoms with Crippen LogP contribution in [-0.2, 0) is 0 Å². The lowest BCUT2D eigenvalue weighted by Crippen LogP contribution is -2.15. The van der Waals surface area contributed by atoms with Crippen LogP contribution in [0.4, 0.5) is 8.78 Å². The van der Waals surface area contributed by atoms with Crippen molar-refractivity contribution in [3.8, 4) is 5.75 Å². The largest absolute Gasteiger partial charge is 0.492 e. The first-order valence-electron chi connectivity index (χ1n) is 4.26. The number of halogens is 2. The van der Waals surface area contributed by atoms with Gasteiger partial charge in [0.2, 0.25) is 0 Å². The number of hydrogen-bond acceptors (Lipinski definition) is 2. The summed E-state index contributed by atoms with van der Waals surface area (Å²) in [5, 5.41) is 0. The maximum Gasteiger partial charge on any atom is 0.263 e. The number of Topliss-reactive ketones (excluding diaryl/α,β-unsaturated/α-hetero) is 1. The molecule has 0 bridgehead atoms.